The van der Waals surface area contributed by atoms with Crippen LogP contribution < -0.4 is 4.72 Å². The van der Waals surface area contributed by atoms with Crippen LogP contribution >= 0.6 is 0 Å². The van der Waals surface area contributed by atoms with E-state index in [1.807, 2.05) is 6.92 Å². The Hall–Kier alpha value is -1.42. The van der Waals surface area contributed by atoms with Gasteiger partial charge in [0.25, 0.3) is 0 Å². The standard InChI is InChI=1S/C15H18FNO3S/c1-11(13-5-6-13)10-17-21(19,20)15-7-4-12(3-2-8-18)9-14(15)16/h4,7,9,11,13,17-18H,5-6,8,10H2,1H3. The maximum Gasteiger partial charge on any atom is 0.243 e. The highest BCUT2D eigenvalue weighted by Gasteiger charge is 2.29. The van der Waals surface area contributed by atoms with Crippen molar-refractivity contribution < 1.29 is 17.9 Å². The molecular weight excluding hydrogens is 293 g/mol. The first-order valence-electron chi connectivity index (χ1n) is 6.83. The number of aliphatic hydroxyl groups is 1. The van der Waals surface area contributed by atoms with Crippen molar-refractivity contribution in [1.29, 1.82) is 0 Å². The van der Waals surface area contributed by atoms with Gasteiger partial charge >= 0.3 is 0 Å². The largest absolute Gasteiger partial charge is 0.384 e. The van der Waals surface area contributed by atoms with Gasteiger partial charge in [-0.1, -0.05) is 18.8 Å². The van der Waals surface area contributed by atoms with Crippen LogP contribution in [0.1, 0.15) is 25.3 Å². The third kappa shape index (κ3) is 4.27. The molecule has 1 aromatic carbocycles. The van der Waals surface area contributed by atoms with Crippen LogP contribution in [0.15, 0.2) is 23.1 Å². The van der Waals surface area contributed by atoms with Crippen molar-refractivity contribution in [3.8, 4) is 11.8 Å². The zero-order valence-corrected chi connectivity index (χ0v) is 12.6. The molecule has 0 bridgehead atoms. The van der Waals surface area contributed by atoms with Gasteiger partial charge in [-0.15, -0.1) is 0 Å². The Labute approximate surface area is 124 Å². The fourth-order valence-corrected chi connectivity index (χ4v) is 3.29. The molecule has 2 rings (SSSR count). The molecule has 6 heteroatoms. The second-order valence-corrected chi connectivity index (χ2v) is 7.01. The van der Waals surface area contributed by atoms with Crippen LogP contribution in [-0.4, -0.2) is 26.7 Å². The van der Waals surface area contributed by atoms with Gasteiger partial charge in [0.2, 0.25) is 10.0 Å². The lowest BCUT2D eigenvalue weighted by molar-refractivity contribution is 0.350. The Morgan fingerprint density at radius 1 is 1.48 bits per heavy atom. The molecule has 0 saturated heterocycles. The molecule has 0 heterocycles. The smallest absolute Gasteiger partial charge is 0.243 e. The SMILES string of the molecule is CC(CNS(=O)(=O)c1ccc(C#CCO)cc1F)C1CC1. The van der Waals surface area contributed by atoms with E-state index in [0.29, 0.717) is 18.0 Å². The molecule has 1 atom stereocenters. The summed E-state index contributed by atoms with van der Waals surface area (Å²) in [7, 11) is -3.85. The minimum atomic E-state index is -3.85. The molecule has 114 valence electrons. The van der Waals surface area contributed by atoms with Crippen LogP contribution in [0.5, 0.6) is 0 Å². The summed E-state index contributed by atoms with van der Waals surface area (Å²) in [6.07, 6.45) is 2.27. The molecule has 1 aliphatic rings. The summed E-state index contributed by atoms with van der Waals surface area (Å²) in [4.78, 5) is -0.375. The number of hydrogen-bond acceptors (Lipinski definition) is 3. The van der Waals surface area contributed by atoms with Crippen molar-refractivity contribution in [1.82, 2.24) is 4.72 Å². The number of hydrogen-bond donors (Lipinski definition) is 2. The van der Waals surface area contributed by atoms with E-state index >= 15 is 0 Å². The first kappa shape index (κ1) is 16.0. The van der Waals surface area contributed by atoms with E-state index in [1.54, 1.807) is 0 Å². The van der Waals surface area contributed by atoms with Gasteiger partial charge in [-0.3, -0.25) is 0 Å². The molecule has 1 aromatic rings. The summed E-state index contributed by atoms with van der Waals surface area (Å²) < 4.78 is 40.6. The van der Waals surface area contributed by atoms with Gasteiger partial charge in [-0.25, -0.2) is 17.5 Å². The Morgan fingerprint density at radius 3 is 2.76 bits per heavy atom. The predicted octanol–water partition coefficient (Wildman–Crippen LogP) is 1.49. The second kappa shape index (κ2) is 6.56. The lowest BCUT2D eigenvalue weighted by Gasteiger charge is -2.12. The minimum Gasteiger partial charge on any atom is -0.384 e. The lowest BCUT2D eigenvalue weighted by atomic mass is 10.1. The molecule has 0 aliphatic heterocycles. The highest BCUT2D eigenvalue weighted by Crippen LogP contribution is 2.36. The van der Waals surface area contributed by atoms with E-state index < -0.39 is 15.8 Å². The van der Waals surface area contributed by atoms with E-state index in [-0.39, 0.29) is 17.4 Å². The fourth-order valence-electron chi connectivity index (χ4n) is 2.09. The summed E-state index contributed by atoms with van der Waals surface area (Å²) in [5.41, 5.74) is 0.326. The average molecular weight is 311 g/mol. The zero-order chi connectivity index (χ0) is 15.5. The molecule has 1 aliphatic carbocycles. The maximum atomic E-state index is 13.9. The van der Waals surface area contributed by atoms with E-state index in [2.05, 4.69) is 16.6 Å². The molecule has 1 fully saturated rings. The maximum absolute atomic E-state index is 13.9. The van der Waals surface area contributed by atoms with Crippen molar-refractivity contribution >= 4 is 10.0 Å². The highest BCUT2D eigenvalue weighted by atomic mass is 32.2. The van der Waals surface area contributed by atoms with Gasteiger partial charge in [0.05, 0.1) is 0 Å². The van der Waals surface area contributed by atoms with Crippen molar-refractivity contribution in [2.75, 3.05) is 13.2 Å². The van der Waals surface area contributed by atoms with Gasteiger partial charge in [0.15, 0.2) is 0 Å². The molecule has 1 saturated carbocycles. The Bertz CT molecular complexity index is 672. The van der Waals surface area contributed by atoms with Gasteiger partial charge in [-0.2, -0.15) is 0 Å². The summed E-state index contributed by atoms with van der Waals surface area (Å²) in [5, 5.41) is 8.58. The van der Waals surface area contributed by atoms with Crippen LogP contribution in [0.4, 0.5) is 4.39 Å². The van der Waals surface area contributed by atoms with E-state index in [1.165, 1.54) is 12.1 Å². The normalized spacial score (nSPS) is 16.1. The number of halogens is 1. The van der Waals surface area contributed by atoms with Crippen molar-refractivity contribution in [3.63, 3.8) is 0 Å². The number of aliphatic hydroxyl groups excluding tert-OH is 1. The van der Waals surface area contributed by atoms with E-state index in [0.717, 1.165) is 18.9 Å². The molecule has 21 heavy (non-hydrogen) atoms. The van der Waals surface area contributed by atoms with Crippen molar-refractivity contribution in [3.05, 3.63) is 29.6 Å². The predicted molar refractivity (Wildman–Crippen MR) is 77.4 cm³/mol. The van der Waals surface area contributed by atoms with Crippen molar-refractivity contribution in [2.45, 2.75) is 24.7 Å². The Balaban J connectivity index is 2.11. The first-order valence-corrected chi connectivity index (χ1v) is 8.31. The fraction of sp³-hybridized carbons (Fsp3) is 0.467. The summed E-state index contributed by atoms with van der Waals surface area (Å²) in [6.45, 7) is 1.98. The number of rotatable bonds is 5. The minimum absolute atomic E-state index is 0.262. The number of benzene rings is 1. The summed E-state index contributed by atoms with van der Waals surface area (Å²) in [6, 6.07) is 3.67. The van der Waals surface area contributed by atoms with Crippen LogP contribution in [0, 0.1) is 29.5 Å². The van der Waals surface area contributed by atoms with Gasteiger partial charge < -0.3 is 5.11 Å². The van der Waals surface area contributed by atoms with Crippen LogP contribution in [0.25, 0.3) is 0 Å². The van der Waals surface area contributed by atoms with Gasteiger partial charge in [-0.05, 0) is 42.9 Å². The molecule has 0 spiro atoms. The first-order chi connectivity index (χ1) is 9.94. The topological polar surface area (TPSA) is 66.4 Å². The number of sulfonamides is 1. The van der Waals surface area contributed by atoms with Crippen molar-refractivity contribution in [2.24, 2.45) is 11.8 Å². The third-order valence-corrected chi connectivity index (χ3v) is 5.01. The highest BCUT2D eigenvalue weighted by molar-refractivity contribution is 7.89. The Morgan fingerprint density at radius 2 is 2.19 bits per heavy atom. The van der Waals surface area contributed by atoms with Crippen LogP contribution in [-0.2, 0) is 10.0 Å². The van der Waals surface area contributed by atoms with E-state index in [4.69, 9.17) is 5.11 Å². The molecule has 0 amide bonds. The lowest BCUT2D eigenvalue weighted by Crippen LogP contribution is -2.29. The molecule has 0 aromatic heterocycles. The van der Waals surface area contributed by atoms with E-state index in [9.17, 15) is 12.8 Å². The average Bonchev–Trinajstić information content (AvgIpc) is 3.27. The molecule has 4 nitrogen and oxygen atoms in total. The van der Waals surface area contributed by atoms with Crippen LogP contribution in [0.3, 0.4) is 0 Å². The molecule has 2 N–H and O–H groups in total. The molecular formula is C15H18FNO3S. The zero-order valence-electron chi connectivity index (χ0n) is 11.8. The molecule has 1 unspecified atom stereocenters. The second-order valence-electron chi connectivity index (χ2n) is 5.27. The summed E-state index contributed by atoms with van der Waals surface area (Å²) in [5.74, 6) is 4.91. The summed E-state index contributed by atoms with van der Waals surface area (Å²) >= 11 is 0. The Kier molecular flexibility index (Phi) is 4.99. The number of nitrogens with one attached hydrogen (secondary N) is 1. The molecule has 0 radical (unpaired) electrons. The third-order valence-electron chi connectivity index (χ3n) is 3.56. The quantitative estimate of drug-likeness (QED) is 0.810. The van der Waals surface area contributed by atoms with Gasteiger partial charge in [0, 0.05) is 12.1 Å². The van der Waals surface area contributed by atoms with Crippen LogP contribution in [0.2, 0.25) is 0 Å². The van der Waals surface area contributed by atoms with Gasteiger partial charge in [0.1, 0.15) is 17.3 Å². The monoisotopic (exact) mass is 311 g/mol.